The molecule has 0 spiro atoms. The van der Waals surface area contributed by atoms with Crippen LogP contribution in [0.1, 0.15) is 40.7 Å². The Balaban J connectivity index is 2.66. The third-order valence-electron chi connectivity index (χ3n) is 2.54. The van der Waals surface area contributed by atoms with Crippen molar-refractivity contribution in [3.63, 3.8) is 0 Å². The topological polar surface area (TPSA) is 85.8 Å². The lowest BCUT2D eigenvalue weighted by Crippen LogP contribution is -2.33. The van der Waals surface area contributed by atoms with Gasteiger partial charge in [0.15, 0.2) is 5.16 Å². The Morgan fingerprint density at radius 2 is 1.95 bits per heavy atom. The van der Waals surface area contributed by atoms with Crippen molar-refractivity contribution in [2.75, 3.05) is 12.3 Å². The molecule has 0 aliphatic heterocycles. The standard InChI is InChI=1S/C12H23N5OS/c1-7(2)6-14-10(18)9(5)19-12-16-15-11(13)17(12)8(3)4/h7-9H,6H2,1-5H3,(H2,13,15)(H,14,18). The summed E-state index contributed by atoms with van der Waals surface area (Å²) in [6, 6.07) is 0.170. The highest BCUT2D eigenvalue weighted by Gasteiger charge is 2.20. The van der Waals surface area contributed by atoms with Crippen molar-refractivity contribution in [2.45, 2.75) is 51.1 Å². The number of nitrogen functional groups attached to an aromatic ring is 1. The van der Waals surface area contributed by atoms with Crippen LogP contribution >= 0.6 is 11.8 Å². The molecule has 1 amide bonds. The second kappa shape index (κ2) is 6.79. The number of aromatic nitrogens is 3. The van der Waals surface area contributed by atoms with Crippen LogP contribution in [-0.4, -0.2) is 32.5 Å². The molecule has 1 heterocycles. The maximum Gasteiger partial charge on any atom is 0.233 e. The summed E-state index contributed by atoms with van der Waals surface area (Å²) in [5.74, 6) is 0.832. The molecule has 0 aliphatic carbocycles. The van der Waals surface area contributed by atoms with Gasteiger partial charge in [0.1, 0.15) is 0 Å². The van der Waals surface area contributed by atoms with Gasteiger partial charge < -0.3 is 11.1 Å². The zero-order valence-electron chi connectivity index (χ0n) is 12.2. The van der Waals surface area contributed by atoms with Crippen molar-refractivity contribution in [1.82, 2.24) is 20.1 Å². The lowest BCUT2D eigenvalue weighted by Gasteiger charge is -2.15. The number of rotatable bonds is 6. The average Bonchev–Trinajstić information content (AvgIpc) is 2.67. The minimum absolute atomic E-state index is 0.00979. The Morgan fingerprint density at radius 1 is 1.32 bits per heavy atom. The normalized spacial score (nSPS) is 13.0. The summed E-state index contributed by atoms with van der Waals surface area (Å²) in [6.07, 6.45) is 0. The van der Waals surface area contributed by atoms with Crippen LogP contribution < -0.4 is 11.1 Å². The molecule has 6 nitrogen and oxygen atoms in total. The van der Waals surface area contributed by atoms with Gasteiger partial charge >= 0.3 is 0 Å². The van der Waals surface area contributed by atoms with Crippen LogP contribution in [0.15, 0.2) is 5.16 Å². The first-order valence-corrected chi connectivity index (χ1v) is 7.35. The maximum atomic E-state index is 11.9. The number of anilines is 1. The summed E-state index contributed by atoms with van der Waals surface area (Å²) in [6.45, 7) is 10.7. The van der Waals surface area contributed by atoms with E-state index in [1.165, 1.54) is 11.8 Å². The van der Waals surface area contributed by atoms with Gasteiger partial charge in [0, 0.05) is 12.6 Å². The zero-order valence-corrected chi connectivity index (χ0v) is 13.0. The highest BCUT2D eigenvalue weighted by atomic mass is 32.2. The first kappa shape index (κ1) is 15.8. The Bertz CT molecular complexity index is 430. The van der Waals surface area contributed by atoms with Crippen LogP contribution in [0.4, 0.5) is 5.95 Å². The Hall–Kier alpha value is -1.24. The Morgan fingerprint density at radius 3 is 2.47 bits per heavy atom. The molecular formula is C12H23N5OS. The summed E-state index contributed by atoms with van der Waals surface area (Å²) in [5.41, 5.74) is 5.77. The number of carbonyl (C=O) groups excluding carboxylic acids is 1. The summed E-state index contributed by atoms with van der Waals surface area (Å²) in [4.78, 5) is 11.9. The molecule has 0 fully saturated rings. The highest BCUT2D eigenvalue weighted by molar-refractivity contribution is 8.00. The summed E-state index contributed by atoms with van der Waals surface area (Å²) < 4.78 is 1.83. The van der Waals surface area contributed by atoms with E-state index in [0.29, 0.717) is 23.6 Å². The Kier molecular flexibility index (Phi) is 5.65. The van der Waals surface area contributed by atoms with Crippen LogP contribution in [0.25, 0.3) is 0 Å². The molecule has 1 aromatic heterocycles. The summed E-state index contributed by atoms with van der Waals surface area (Å²) >= 11 is 1.38. The van der Waals surface area contributed by atoms with Crippen molar-refractivity contribution in [3.05, 3.63) is 0 Å². The van der Waals surface area contributed by atoms with E-state index >= 15 is 0 Å². The zero-order chi connectivity index (χ0) is 14.6. The maximum absolute atomic E-state index is 11.9. The van der Waals surface area contributed by atoms with Gasteiger partial charge in [-0.1, -0.05) is 25.6 Å². The molecule has 1 aromatic rings. The Labute approximate surface area is 118 Å². The number of nitrogens with two attached hydrogens (primary N) is 1. The number of amides is 1. The lowest BCUT2D eigenvalue weighted by atomic mass is 10.2. The molecule has 0 aromatic carbocycles. The predicted octanol–water partition coefficient (Wildman–Crippen LogP) is 1.69. The third kappa shape index (κ3) is 4.41. The second-order valence-electron chi connectivity index (χ2n) is 5.20. The van der Waals surface area contributed by atoms with E-state index in [1.807, 2.05) is 25.3 Å². The van der Waals surface area contributed by atoms with Gasteiger partial charge in [-0.2, -0.15) is 0 Å². The molecule has 7 heteroatoms. The fraction of sp³-hybridized carbons (Fsp3) is 0.750. The van der Waals surface area contributed by atoms with Crippen LogP contribution in [-0.2, 0) is 4.79 Å². The second-order valence-corrected chi connectivity index (χ2v) is 6.51. The lowest BCUT2D eigenvalue weighted by molar-refractivity contribution is -0.120. The van der Waals surface area contributed by atoms with Crippen molar-refractivity contribution in [3.8, 4) is 0 Å². The average molecular weight is 285 g/mol. The van der Waals surface area contributed by atoms with E-state index in [1.54, 1.807) is 0 Å². The molecule has 0 bridgehead atoms. The molecule has 1 atom stereocenters. The number of nitrogens with one attached hydrogen (secondary N) is 1. The van der Waals surface area contributed by atoms with Gasteiger partial charge in [-0.3, -0.25) is 9.36 Å². The van der Waals surface area contributed by atoms with Crippen molar-refractivity contribution in [2.24, 2.45) is 5.92 Å². The smallest absolute Gasteiger partial charge is 0.233 e. The van der Waals surface area contributed by atoms with Crippen LogP contribution in [0, 0.1) is 5.92 Å². The number of carbonyl (C=O) groups is 1. The van der Waals surface area contributed by atoms with E-state index < -0.39 is 0 Å². The first-order chi connectivity index (χ1) is 8.82. The van der Waals surface area contributed by atoms with Gasteiger partial charge in [-0.15, -0.1) is 10.2 Å². The van der Waals surface area contributed by atoms with E-state index in [0.717, 1.165) is 0 Å². The molecule has 3 N–H and O–H groups in total. The van der Waals surface area contributed by atoms with E-state index in [9.17, 15) is 4.79 Å². The molecule has 0 radical (unpaired) electrons. The minimum atomic E-state index is -0.222. The van der Waals surface area contributed by atoms with Crippen LogP contribution in [0.5, 0.6) is 0 Å². The van der Waals surface area contributed by atoms with Gasteiger partial charge in [0.05, 0.1) is 5.25 Å². The fourth-order valence-electron chi connectivity index (χ4n) is 1.51. The molecule has 19 heavy (non-hydrogen) atoms. The molecule has 1 rings (SSSR count). The van der Waals surface area contributed by atoms with Crippen LogP contribution in [0.2, 0.25) is 0 Å². The van der Waals surface area contributed by atoms with Gasteiger partial charge in [-0.25, -0.2) is 0 Å². The third-order valence-corrected chi connectivity index (χ3v) is 3.60. The number of hydrogen-bond donors (Lipinski definition) is 2. The SMILES string of the molecule is CC(C)CNC(=O)C(C)Sc1nnc(N)n1C(C)C. The number of thioether (sulfide) groups is 1. The fourth-order valence-corrected chi connectivity index (χ4v) is 2.53. The van der Waals surface area contributed by atoms with Gasteiger partial charge in [-0.05, 0) is 26.7 Å². The molecule has 1 unspecified atom stereocenters. The van der Waals surface area contributed by atoms with Crippen molar-refractivity contribution >= 4 is 23.6 Å². The molecule has 0 saturated carbocycles. The van der Waals surface area contributed by atoms with E-state index in [4.69, 9.17) is 5.73 Å². The monoisotopic (exact) mass is 285 g/mol. The van der Waals surface area contributed by atoms with Crippen LogP contribution in [0.3, 0.4) is 0 Å². The molecule has 0 saturated heterocycles. The summed E-state index contributed by atoms with van der Waals surface area (Å²) in [5, 5.41) is 11.3. The predicted molar refractivity (Wildman–Crippen MR) is 78.0 cm³/mol. The van der Waals surface area contributed by atoms with Crippen molar-refractivity contribution < 1.29 is 4.79 Å². The van der Waals surface area contributed by atoms with E-state index in [2.05, 4.69) is 29.4 Å². The largest absolute Gasteiger partial charge is 0.368 e. The summed E-state index contributed by atoms with van der Waals surface area (Å²) in [7, 11) is 0. The van der Waals surface area contributed by atoms with E-state index in [-0.39, 0.29) is 17.2 Å². The molecule has 0 aliphatic rings. The number of nitrogens with zero attached hydrogens (tertiary/aromatic N) is 3. The quantitative estimate of drug-likeness (QED) is 0.777. The molecular weight excluding hydrogens is 262 g/mol. The number of hydrogen-bond acceptors (Lipinski definition) is 5. The minimum Gasteiger partial charge on any atom is -0.368 e. The first-order valence-electron chi connectivity index (χ1n) is 6.47. The van der Waals surface area contributed by atoms with Crippen molar-refractivity contribution in [1.29, 1.82) is 0 Å². The molecule has 108 valence electrons. The van der Waals surface area contributed by atoms with Gasteiger partial charge in [0.25, 0.3) is 0 Å². The van der Waals surface area contributed by atoms with Gasteiger partial charge in [0.2, 0.25) is 11.9 Å². The highest BCUT2D eigenvalue weighted by Crippen LogP contribution is 2.26.